The predicted octanol–water partition coefficient (Wildman–Crippen LogP) is 2.21. The normalized spacial score (nSPS) is 11.7. The van der Waals surface area contributed by atoms with Gasteiger partial charge in [-0.2, -0.15) is 0 Å². The van der Waals surface area contributed by atoms with Crippen molar-refractivity contribution in [1.82, 2.24) is 14.9 Å². The lowest BCUT2D eigenvalue weighted by Gasteiger charge is -2.29. The third-order valence-corrected chi connectivity index (χ3v) is 3.17. The molecule has 0 radical (unpaired) electrons. The Morgan fingerprint density at radius 3 is 2.25 bits per heavy atom. The summed E-state index contributed by atoms with van der Waals surface area (Å²) in [7, 11) is 4.18. The lowest BCUT2D eigenvalue weighted by atomic mass is 10.0. The summed E-state index contributed by atoms with van der Waals surface area (Å²) < 4.78 is 0. The first-order chi connectivity index (χ1) is 9.32. The third kappa shape index (κ3) is 4.63. The number of rotatable bonds is 7. The molecule has 20 heavy (non-hydrogen) atoms. The number of aromatic nitrogens is 2. The molecule has 0 aromatic carbocycles. The van der Waals surface area contributed by atoms with Gasteiger partial charge >= 0.3 is 0 Å². The van der Waals surface area contributed by atoms with Crippen molar-refractivity contribution in [3.63, 3.8) is 0 Å². The molecule has 0 atom stereocenters. The zero-order chi connectivity index (χ0) is 15.3. The summed E-state index contributed by atoms with van der Waals surface area (Å²) in [5, 5.41) is 0. The van der Waals surface area contributed by atoms with Crippen molar-refractivity contribution in [3.05, 3.63) is 11.9 Å². The van der Waals surface area contributed by atoms with Gasteiger partial charge in [0.05, 0.1) is 0 Å². The molecule has 0 unspecified atom stereocenters. The van der Waals surface area contributed by atoms with Crippen molar-refractivity contribution in [3.8, 4) is 0 Å². The molecule has 5 heteroatoms. The van der Waals surface area contributed by atoms with E-state index in [-0.39, 0.29) is 0 Å². The third-order valence-electron chi connectivity index (χ3n) is 3.17. The summed E-state index contributed by atoms with van der Waals surface area (Å²) in [5.41, 5.74) is 7.12. The Hall–Kier alpha value is -1.36. The number of nitrogens with two attached hydrogens (primary N) is 1. The summed E-state index contributed by atoms with van der Waals surface area (Å²) >= 11 is 0. The van der Waals surface area contributed by atoms with Crippen LogP contribution in [0.3, 0.4) is 0 Å². The highest BCUT2D eigenvalue weighted by atomic mass is 15.2. The SMILES string of the molecule is CC(C)CN(CCN(C)C)c1ncnc(N)c1C(C)C. The second-order valence-corrected chi connectivity index (χ2v) is 6.29. The largest absolute Gasteiger partial charge is 0.383 e. The van der Waals surface area contributed by atoms with E-state index in [4.69, 9.17) is 5.73 Å². The van der Waals surface area contributed by atoms with Crippen LogP contribution in [0.15, 0.2) is 6.33 Å². The van der Waals surface area contributed by atoms with Crippen LogP contribution >= 0.6 is 0 Å². The van der Waals surface area contributed by atoms with Crippen LogP contribution in [0.1, 0.15) is 39.2 Å². The molecule has 0 amide bonds. The average molecular weight is 279 g/mol. The molecule has 1 rings (SSSR count). The Morgan fingerprint density at radius 2 is 1.75 bits per heavy atom. The van der Waals surface area contributed by atoms with E-state index in [1.54, 1.807) is 6.33 Å². The molecular weight excluding hydrogens is 250 g/mol. The summed E-state index contributed by atoms with van der Waals surface area (Å²) in [5.74, 6) is 2.49. The first-order valence-electron chi connectivity index (χ1n) is 7.33. The molecule has 0 aliphatic carbocycles. The Kier molecular flexibility index (Phi) is 6.20. The highest BCUT2D eigenvalue weighted by Crippen LogP contribution is 2.29. The molecule has 1 aromatic heterocycles. The van der Waals surface area contributed by atoms with E-state index in [0.29, 0.717) is 17.7 Å². The Bertz CT molecular complexity index is 415. The molecule has 0 bridgehead atoms. The average Bonchev–Trinajstić information content (AvgIpc) is 2.33. The van der Waals surface area contributed by atoms with Crippen molar-refractivity contribution in [2.24, 2.45) is 5.92 Å². The van der Waals surface area contributed by atoms with E-state index in [1.807, 2.05) is 0 Å². The zero-order valence-electron chi connectivity index (χ0n) is 13.7. The maximum atomic E-state index is 6.06. The van der Waals surface area contributed by atoms with E-state index >= 15 is 0 Å². The van der Waals surface area contributed by atoms with Gasteiger partial charge in [0.15, 0.2) is 0 Å². The van der Waals surface area contributed by atoms with Gasteiger partial charge in [-0.25, -0.2) is 9.97 Å². The summed E-state index contributed by atoms with van der Waals surface area (Å²) in [6, 6.07) is 0. The van der Waals surface area contributed by atoms with Crippen molar-refractivity contribution < 1.29 is 0 Å². The van der Waals surface area contributed by atoms with Crippen molar-refractivity contribution in [2.45, 2.75) is 33.6 Å². The van der Waals surface area contributed by atoms with Gasteiger partial charge in [0.1, 0.15) is 18.0 Å². The quantitative estimate of drug-likeness (QED) is 0.829. The van der Waals surface area contributed by atoms with Gasteiger partial charge < -0.3 is 15.5 Å². The molecule has 0 fully saturated rings. The Morgan fingerprint density at radius 1 is 1.10 bits per heavy atom. The number of hydrogen-bond donors (Lipinski definition) is 1. The summed E-state index contributed by atoms with van der Waals surface area (Å²) in [6.45, 7) is 11.6. The van der Waals surface area contributed by atoms with Crippen LogP contribution in [-0.4, -0.2) is 48.6 Å². The standard InChI is InChI=1S/C15H29N5/c1-11(2)9-20(8-7-19(5)6)15-13(12(3)4)14(16)17-10-18-15/h10-12H,7-9H2,1-6H3,(H2,16,17,18). The summed E-state index contributed by atoms with van der Waals surface area (Å²) in [6.07, 6.45) is 1.57. The molecule has 1 heterocycles. The Labute approximate surface area is 123 Å². The first kappa shape index (κ1) is 16.7. The fraction of sp³-hybridized carbons (Fsp3) is 0.733. The van der Waals surface area contributed by atoms with Crippen molar-refractivity contribution >= 4 is 11.6 Å². The zero-order valence-corrected chi connectivity index (χ0v) is 13.7. The van der Waals surface area contributed by atoms with Crippen LogP contribution in [0, 0.1) is 5.92 Å². The monoisotopic (exact) mass is 279 g/mol. The van der Waals surface area contributed by atoms with Gasteiger partial charge in [0.2, 0.25) is 0 Å². The van der Waals surface area contributed by atoms with E-state index in [2.05, 4.69) is 61.6 Å². The summed E-state index contributed by atoms with van der Waals surface area (Å²) in [4.78, 5) is 13.2. The van der Waals surface area contributed by atoms with E-state index in [1.165, 1.54) is 0 Å². The van der Waals surface area contributed by atoms with Crippen LogP contribution in [0.25, 0.3) is 0 Å². The lowest BCUT2D eigenvalue weighted by Crippen LogP contribution is -2.36. The number of nitrogens with zero attached hydrogens (tertiary/aromatic N) is 4. The number of nitrogen functional groups attached to an aromatic ring is 1. The molecule has 0 saturated carbocycles. The van der Waals surface area contributed by atoms with E-state index in [9.17, 15) is 0 Å². The van der Waals surface area contributed by atoms with Crippen LogP contribution in [0.4, 0.5) is 11.6 Å². The van der Waals surface area contributed by atoms with Crippen LogP contribution < -0.4 is 10.6 Å². The topological polar surface area (TPSA) is 58.3 Å². The molecule has 0 aliphatic heterocycles. The molecule has 0 spiro atoms. The molecular formula is C15H29N5. The number of anilines is 2. The molecule has 5 nitrogen and oxygen atoms in total. The van der Waals surface area contributed by atoms with Crippen LogP contribution in [0.2, 0.25) is 0 Å². The fourth-order valence-electron chi connectivity index (χ4n) is 2.25. The highest BCUT2D eigenvalue weighted by Gasteiger charge is 2.19. The molecule has 1 aromatic rings. The minimum absolute atomic E-state index is 0.320. The number of hydrogen-bond acceptors (Lipinski definition) is 5. The van der Waals surface area contributed by atoms with E-state index in [0.717, 1.165) is 31.0 Å². The maximum absolute atomic E-state index is 6.06. The molecule has 114 valence electrons. The molecule has 0 aliphatic rings. The maximum Gasteiger partial charge on any atom is 0.137 e. The molecule has 2 N–H and O–H groups in total. The van der Waals surface area contributed by atoms with Crippen LogP contribution in [-0.2, 0) is 0 Å². The van der Waals surface area contributed by atoms with Gasteiger partial charge in [0.25, 0.3) is 0 Å². The Balaban J connectivity index is 3.09. The van der Waals surface area contributed by atoms with Crippen molar-refractivity contribution in [1.29, 1.82) is 0 Å². The first-order valence-corrected chi connectivity index (χ1v) is 7.33. The van der Waals surface area contributed by atoms with Gasteiger partial charge in [-0.05, 0) is 25.9 Å². The van der Waals surface area contributed by atoms with Crippen LogP contribution in [0.5, 0.6) is 0 Å². The smallest absolute Gasteiger partial charge is 0.137 e. The second-order valence-electron chi connectivity index (χ2n) is 6.29. The number of likely N-dealkylation sites (N-methyl/N-ethyl adjacent to an activating group) is 1. The highest BCUT2D eigenvalue weighted by molar-refractivity contribution is 5.58. The van der Waals surface area contributed by atoms with Gasteiger partial charge in [0, 0.05) is 25.2 Å². The fourth-order valence-corrected chi connectivity index (χ4v) is 2.25. The molecule has 0 saturated heterocycles. The minimum atomic E-state index is 0.320. The van der Waals surface area contributed by atoms with Crippen molar-refractivity contribution in [2.75, 3.05) is 44.4 Å². The minimum Gasteiger partial charge on any atom is -0.383 e. The predicted molar refractivity (Wildman–Crippen MR) is 86.1 cm³/mol. The van der Waals surface area contributed by atoms with Gasteiger partial charge in [-0.1, -0.05) is 27.7 Å². The van der Waals surface area contributed by atoms with E-state index < -0.39 is 0 Å². The second kappa shape index (κ2) is 7.43. The lowest BCUT2D eigenvalue weighted by molar-refractivity contribution is 0.408. The van der Waals surface area contributed by atoms with Gasteiger partial charge in [-0.3, -0.25) is 0 Å². The van der Waals surface area contributed by atoms with Gasteiger partial charge in [-0.15, -0.1) is 0 Å².